The van der Waals surface area contributed by atoms with Crippen LogP contribution >= 0.6 is 46.4 Å². The number of hydrogen-bond acceptors (Lipinski definition) is 6. The number of nitro groups is 1. The first kappa shape index (κ1) is 28.9. The Morgan fingerprint density at radius 1 is 1.11 bits per heavy atom. The summed E-state index contributed by atoms with van der Waals surface area (Å²) in [7, 11) is 0. The van der Waals surface area contributed by atoms with E-state index in [1.807, 2.05) is 22.9 Å². The smallest absolute Gasteiger partial charge is 0.342 e. The fourth-order valence-corrected chi connectivity index (χ4v) is 4.39. The number of aryl methyl sites for hydroxylation is 1. The molecule has 4 aromatic rings. The van der Waals surface area contributed by atoms with Gasteiger partial charge in [-0.1, -0.05) is 58.5 Å². The van der Waals surface area contributed by atoms with Crippen molar-refractivity contribution >= 4 is 52.2 Å². The summed E-state index contributed by atoms with van der Waals surface area (Å²) >= 11 is 24.5. The number of halogens is 4. The number of imidazole rings is 2. The van der Waals surface area contributed by atoms with E-state index in [0.29, 0.717) is 39.1 Å². The van der Waals surface area contributed by atoms with E-state index in [-0.39, 0.29) is 25.1 Å². The van der Waals surface area contributed by atoms with Crippen LogP contribution in [0.15, 0.2) is 61.3 Å². The van der Waals surface area contributed by atoms with Crippen molar-refractivity contribution in [2.75, 3.05) is 6.61 Å². The molecule has 2 heterocycles. The number of rotatable bonds is 9. The lowest BCUT2D eigenvalue weighted by Crippen LogP contribution is -2.12. The third kappa shape index (κ3) is 8.16. The van der Waals surface area contributed by atoms with Gasteiger partial charge in [-0.2, -0.15) is 0 Å². The first-order valence-electron chi connectivity index (χ1n) is 10.9. The fraction of sp³-hybridized carbons (Fsp3) is 0.250. The van der Waals surface area contributed by atoms with Crippen molar-refractivity contribution in [2.45, 2.75) is 32.7 Å². The van der Waals surface area contributed by atoms with Gasteiger partial charge in [-0.05, 0) is 34.8 Å². The second kappa shape index (κ2) is 13.8. The Bertz CT molecular complexity index is 1330. The number of nitrogens with zero attached hydrogens (tertiary/aromatic N) is 5. The second-order valence-electron chi connectivity index (χ2n) is 7.76. The SMILES string of the molecule is Cc1ncc([N+](=O)[O-])n1CCO.Clc1ccc(COC(Cn2ccnc2)c2ccc(Cl)cc2Cl)c(Cl)c1. The normalized spacial score (nSPS) is 11.6. The van der Waals surface area contributed by atoms with Crippen molar-refractivity contribution in [1.82, 2.24) is 19.1 Å². The van der Waals surface area contributed by atoms with Crippen molar-refractivity contribution in [3.05, 3.63) is 108 Å². The van der Waals surface area contributed by atoms with Gasteiger partial charge in [0.1, 0.15) is 18.8 Å². The van der Waals surface area contributed by atoms with Crippen LogP contribution in [0, 0.1) is 17.0 Å². The van der Waals surface area contributed by atoms with Crippen LogP contribution in [0.3, 0.4) is 0 Å². The summed E-state index contributed by atoms with van der Waals surface area (Å²) in [6, 6.07) is 10.7. The van der Waals surface area contributed by atoms with Gasteiger partial charge in [-0.3, -0.25) is 0 Å². The maximum absolute atomic E-state index is 10.4. The summed E-state index contributed by atoms with van der Waals surface area (Å²) in [5, 5.41) is 21.3. The van der Waals surface area contributed by atoms with Gasteiger partial charge in [0.05, 0.1) is 26.1 Å². The monoisotopic (exact) mass is 585 g/mol. The van der Waals surface area contributed by atoms with Gasteiger partial charge in [-0.15, -0.1) is 0 Å². The average molecular weight is 587 g/mol. The minimum Gasteiger partial charge on any atom is -0.392 e. The Hall–Kier alpha value is -2.66. The average Bonchev–Trinajstić information content (AvgIpc) is 3.48. The zero-order chi connectivity index (χ0) is 26.9. The minimum absolute atomic E-state index is 0.0819. The van der Waals surface area contributed by atoms with E-state index in [9.17, 15) is 10.1 Å². The van der Waals surface area contributed by atoms with Crippen LogP contribution < -0.4 is 0 Å². The summed E-state index contributed by atoms with van der Waals surface area (Å²) in [5.41, 5.74) is 1.71. The molecule has 0 saturated heterocycles. The highest BCUT2D eigenvalue weighted by Crippen LogP contribution is 2.31. The largest absolute Gasteiger partial charge is 0.392 e. The van der Waals surface area contributed by atoms with Crippen molar-refractivity contribution in [1.29, 1.82) is 0 Å². The molecule has 13 heteroatoms. The van der Waals surface area contributed by atoms with E-state index in [2.05, 4.69) is 9.97 Å². The molecular formula is C24H23Cl4N5O4. The van der Waals surface area contributed by atoms with Crippen LogP contribution in [0.4, 0.5) is 5.82 Å². The molecular weight excluding hydrogens is 564 g/mol. The molecule has 1 unspecified atom stereocenters. The molecule has 0 bridgehead atoms. The van der Waals surface area contributed by atoms with E-state index in [0.717, 1.165) is 11.1 Å². The number of ether oxygens (including phenoxy) is 1. The van der Waals surface area contributed by atoms with Crippen molar-refractivity contribution in [3.8, 4) is 0 Å². The Balaban J connectivity index is 0.000000266. The molecule has 196 valence electrons. The zero-order valence-corrected chi connectivity index (χ0v) is 22.6. The molecule has 0 fully saturated rings. The zero-order valence-electron chi connectivity index (χ0n) is 19.6. The van der Waals surface area contributed by atoms with Crippen LogP contribution in [-0.2, 0) is 24.4 Å². The van der Waals surface area contributed by atoms with E-state index < -0.39 is 4.92 Å². The van der Waals surface area contributed by atoms with E-state index in [1.165, 1.54) is 10.8 Å². The van der Waals surface area contributed by atoms with Gasteiger partial charge in [0.25, 0.3) is 0 Å². The van der Waals surface area contributed by atoms with Crippen molar-refractivity contribution < 1.29 is 14.8 Å². The molecule has 0 spiro atoms. The first-order chi connectivity index (χ1) is 17.7. The first-order valence-corrected chi connectivity index (χ1v) is 12.4. The Morgan fingerprint density at radius 3 is 2.41 bits per heavy atom. The number of aromatic nitrogens is 4. The quantitative estimate of drug-likeness (QED) is 0.176. The Morgan fingerprint density at radius 2 is 1.81 bits per heavy atom. The minimum atomic E-state index is -0.518. The summed E-state index contributed by atoms with van der Waals surface area (Å²) in [6.07, 6.45) is 6.22. The molecule has 4 rings (SSSR count). The molecule has 1 atom stereocenters. The molecule has 0 saturated carbocycles. The third-order valence-corrected chi connectivity index (χ3v) is 6.39. The van der Waals surface area contributed by atoms with Gasteiger partial charge in [-0.25, -0.2) is 14.5 Å². The van der Waals surface area contributed by atoms with E-state index in [1.54, 1.807) is 43.7 Å². The lowest BCUT2D eigenvalue weighted by atomic mass is 10.1. The maximum Gasteiger partial charge on any atom is 0.342 e. The van der Waals surface area contributed by atoms with E-state index >= 15 is 0 Å². The second-order valence-corrected chi connectivity index (χ2v) is 9.44. The van der Waals surface area contributed by atoms with Crippen LogP contribution in [0.1, 0.15) is 23.1 Å². The predicted molar refractivity (Wildman–Crippen MR) is 143 cm³/mol. The molecule has 2 aromatic heterocycles. The molecule has 0 aliphatic heterocycles. The number of aliphatic hydroxyl groups is 1. The molecule has 9 nitrogen and oxygen atoms in total. The van der Waals surface area contributed by atoms with Gasteiger partial charge in [0, 0.05) is 45.0 Å². The maximum atomic E-state index is 10.4. The summed E-state index contributed by atoms with van der Waals surface area (Å²) in [5.74, 6) is 0.456. The van der Waals surface area contributed by atoms with Crippen LogP contribution in [0.2, 0.25) is 20.1 Å². The van der Waals surface area contributed by atoms with E-state index in [4.69, 9.17) is 56.2 Å². The lowest BCUT2D eigenvalue weighted by Gasteiger charge is -2.21. The van der Waals surface area contributed by atoms with Crippen molar-refractivity contribution in [2.24, 2.45) is 0 Å². The van der Waals surface area contributed by atoms with Crippen LogP contribution in [0.5, 0.6) is 0 Å². The van der Waals surface area contributed by atoms with Crippen LogP contribution in [-0.4, -0.2) is 35.7 Å². The highest BCUT2D eigenvalue weighted by atomic mass is 35.5. The van der Waals surface area contributed by atoms with Crippen LogP contribution in [0.25, 0.3) is 0 Å². The molecule has 0 radical (unpaired) electrons. The standard InChI is InChI=1S/C18H14Cl4N2O.C6H9N3O3/c19-13-2-1-12(16(21)7-13)10-25-18(9-24-6-5-23-11-24)15-4-3-14(20)8-17(15)22;1-5-7-4-6(9(11)12)8(5)2-3-10/h1-8,11,18H,9-10H2;4,10H,2-3H2,1H3. The van der Waals surface area contributed by atoms with Gasteiger partial charge in [0.2, 0.25) is 0 Å². The summed E-state index contributed by atoms with van der Waals surface area (Å²) in [6.45, 7) is 2.63. The molecule has 1 N–H and O–H groups in total. The third-order valence-electron chi connectivity index (χ3n) is 5.25. The highest BCUT2D eigenvalue weighted by molar-refractivity contribution is 6.35. The van der Waals surface area contributed by atoms with Crippen molar-refractivity contribution in [3.63, 3.8) is 0 Å². The molecule has 2 aromatic carbocycles. The number of hydrogen-bond donors (Lipinski definition) is 1. The van der Waals surface area contributed by atoms with Gasteiger partial charge in [0.15, 0.2) is 5.82 Å². The molecule has 0 amide bonds. The number of aliphatic hydroxyl groups excluding tert-OH is 1. The Labute approximate surface area is 233 Å². The molecule has 0 aliphatic carbocycles. The topological polar surface area (TPSA) is 108 Å². The van der Waals surface area contributed by atoms with Gasteiger partial charge >= 0.3 is 5.82 Å². The number of benzene rings is 2. The highest BCUT2D eigenvalue weighted by Gasteiger charge is 2.18. The Kier molecular flexibility index (Phi) is 10.7. The van der Waals surface area contributed by atoms with Gasteiger partial charge < -0.3 is 24.5 Å². The predicted octanol–water partition coefficient (Wildman–Crippen LogP) is 6.55. The summed E-state index contributed by atoms with van der Waals surface area (Å²) < 4.78 is 9.42. The summed E-state index contributed by atoms with van der Waals surface area (Å²) in [4.78, 5) is 17.7. The molecule has 0 aliphatic rings. The lowest BCUT2D eigenvalue weighted by molar-refractivity contribution is -0.392. The molecule has 37 heavy (non-hydrogen) atoms. The fourth-order valence-electron chi connectivity index (χ4n) is 3.40.